The molecule has 2 amide bonds. The van der Waals surface area contributed by atoms with Crippen molar-refractivity contribution in [2.45, 2.75) is 51.2 Å². The van der Waals surface area contributed by atoms with Gasteiger partial charge in [0.25, 0.3) is 0 Å². The van der Waals surface area contributed by atoms with Crippen molar-refractivity contribution in [2.24, 2.45) is 0 Å². The number of para-hydroxylation sites is 1. The van der Waals surface area contributed by atoms with Crippen molar-refractivity contribution in [1.29, 1.82) is 0 Å². The first-order valence-corrected chi connectivity index (χ1v) is 8.10. The lowest BCUT2D eigenvalue weighted by molar-refractivity contribution is 0.203. The van der Waals surface area contributed by atoms with Crippen LogP contribution in [0.3, 0.4) is 0 Å². The molecule has 0 spiro atoms. The minimum atomic E-state index is 0.0446. The number of benzene rings is 1. The minimum absolute atomic E-state index is 0.0446. The summed E-state index contributed by atoms with van der Waals surface area (Å²) >= 11 is 0. The molecule has 1 aliphatic heterocycles. The highest BCUT2D eigenvalue weighted by Crippen LogP contribution is 2.26. The molecule has 3 rings (SSSR count). The predicted octanol–water partition coefficient (Wildman–Crippen LogP) is 3.31. The van der Waals surface area contributed by atoms with Gasteiger partial charge in [0.15, 0.2) is 0 Å². The molecule has 4 nitrogen and oxygen atoms in total. The summed E-state index contributed by atoms with van der Waals surface area (Å²) in [6.45, 7) is 2.30. The molecule has 21 heavy (non-hydrogen) atoms. The van der Waals surface area contributed by atoms with E-state index < -0.39 is 0 Å². The fourth-order valence-electron chi connectivity index (χ4n) is 3.15. The number of amides is 2. The average molecular weight is 288 g/mol. The van der Waals surface area contributed by atoms with Crippen molar-refractivity contribution in [2.75, 3.05) is 13.1 Å². The minimum Gasteiger partial charge on any atom is -0.490 e. The van der Waals surface area contributed by atoms with E-state index in [0.717, 1.165) is 50.1 Å². The van der Waals surface area contributed by atoms with Crippen LogP contribution < -0.4 is 10.1 Å². The second-order valence-electron chi connectivity index (χ2n) is 5.98. The van der Waals surface area contributed by atoms with Crippen molar-refractivity contribution in [1.82, 2.24) is 10.2 Å². The van der Waals surface area contributed by atoms with Gasteiger partial charge in [0.2, 0.25) is 0 Å². The SMILES string of the molecule is O=C(NCc1ccccc1OC1CCCC1)N1CCCC1. The smallest absolute Gasteiger partial charge is 0.317 e. The van der Waals surface area contributed by atoms with Gasteiger partial charge in [-0.1, -0.05) is 18.2 Å². The number of hydrogen-bond donors (Lipinski definition) is 1. The number of carbonyl (C=O) groups excluding carboxylic acids is 1. The van der Waals surface area contributed by atoms with Gasteiger partial charge in [-0.15, -0.1) is 0 Å². The quantitative estimate of drug-likeness (QED) is 0.923. The first-order chi connectivity index (χ1) is 10.3. The number of likely N-dealkylation sites (tertiary alicyclic amines) is 1. The Labute approximate surface area is 126 Å². The van der Waals surface area contributed by atoms with Gasteiger partial charge < -0.3 is 15.0 Å². The molecule has 114 valence electrons. The third kappa shape index (κ3) is 3.69. The number of nitrogens with zero attached hydrogens (tertiary/aromatic N) is 1. The average Bonchev–Trinajstić information content (AvgIpc) is 3.19. The molecular weight excluding hydrogens is 264 g/mol. The number of hydrogen-bond acceptors (Lipinski definition) is 2. The van der Waals surface area contributed by atoms with Crippen LogP contribution in [0.5, 0.6) is 5.75 Å². The van der Waals surface area contributed by atoms with E-state index in [4.69, 9.17) is 4.74 Å². The Kier molecular flexibility index (Phi) is 4.63. The van der Waals surface area contributed by atoms with E-state index in [1.165, 1.54) is 12.8 Å². The van der Waals surface area contributed by atoms with Crippen molar-refractivity contribution >= 4 is 6.03 Å². The van der Waals surface area contributed by atoms with E-state index in [1.807, 2.05) is 29.2 Å². The van der Waals surface area contributed by atoms with E-state index in [0.29, 0.717) is 12.6 Å². The Morgan fingerprint density at radius 3 is 2.62 bits per heavy atom. The lowest BCUT2D eigenvalue weighted by Crippen LogP contribution is -2.37. The summed E-state index contributed by atoms with van der Waals surface area (Å²) in [5.74, 6) is 0.922. The molecule has 0 unspecified atom stereocenters. The maximum atomic E-state index is 12.0. The molecule has 1 aromatic rings. The summed E-state index contributed by atoms with van der Waals surface area (Å²) in [6.07, 6.45) is 7.41. The molecule has 1 heterocycles. The van der Waals surface area contributed by atoms with Crippen LogP contribution in [0.2, 0.25) is 0 Å². The van der Waals surface area contributed by atoms with E-state index >= 15 is 0 Å². The largest absolute Gasteiger partial charge is 0.490 e. The van der Waals surface area contributed by atoms with Gasteiger partial charge in [-0.05, 0) is 44.6 Å². The molecule has 1 aromatic carbocycles. The second kappa shape index (κ2) is 6.83. The third-order valence-corrected chi connectivity index (χ3v) is 4.39. The number of carbonyl (C=O) groups is 1. The summed E-state index contributed by atoms with van der Waals surface area (Å²) in [7, 11) is 0. The molecule has 1 aliphatic carbocycles. The fourth-order valence-corrected chi connectivity index (χ4v) is 3.15. The summed E-state index contributed by atoms with van der Waals surface area (Å²) in [5.41, 5.74) is 1.07. The van der Waals surface area contributed by atoms with Gasteiger partial charge in [0.1, 0.15) is 5.75 Å². The first-order valence-electron chi connectivity index (χ1n) is 8.10. The Bertz CT molecular complexity index is 477. The molecule has 2 fully saturated rings. The summed E-state index contributed by atoms with van der Waals surface area (Å²) < 4.78 is 6.10. The lowest BCUT2D eigenvalue weighted by Gasteiger charge is -2.19. The normalized spacial score (nSPS) is 19.0. The molecule has 0 atom stereocenters. The van der Waals surface area contributed by atoms with Gasteiger partial charge in [-0.2, -0.15) is 0 Å². The van der Waals surface area contributed by atoms with Crippen LogP contribution in [0.25, 0.3) is 0 Å². The Morgan fingerprint density at radius 1 is 1.14 bits per heavy atom. The number of rotatable bonds is 4. The molecule has 0 bridgehead atoms. The van der Waals surface area contributed by atoms with Gasteiger partial charge in [0.05, 0.1) is 6.10 Å². The zero-order chi connectivity index (χ0) is 14.5. The van der Waals surface area contributed by atoms with Gasteiger partial charge >= 0.3 is 6.03 Å². The van der Waals surface area contributed by atoms with E-state index in [2.05, 4.69) is 5.32 Å². The van der Waals surface area contributed by atoms with E-state index in [-0.39, 0.29) is 6.03 Å². The van der Waals surface area contributed by atoms with Gasteiger partial charge in [-0.25, -0.2) is 4.79 Å². The Morgan fingerprint density at radius 2 is 1.86 bits per heavy atom. The maximum Gasteiger partial charge on any atom is 0.317 e. The van der Waals surface area contributed by atoms with Crippen molar-refractivity contribution in [3.05, 3.63) is 29.8 Å². The van der Waals surface area contributed by atoms with E-state index in [9.17, 15) is 4.79 Å². The lowest BCUT2D eigenvalue weighted by atomic mass is 10.2. The predicted molar refractivity (Wildman–Crippen MR) is 82.4 cm³/mol. The van der Waals surface area contributed by atoms with Crippen molar-refractivity contribution in [3.63, 3.8) is 0 Å². The van der Waals surface area contributed by atoms with Crippen molar-refractivity contribution < 1.29 is 9.53 Å². The van der Waals surface area contributed by atoms with Crippen LogP contribution >= 0.6 is 0 Å². The highest BCUT2D eigenvalue weighted by molar-refractivity contribution is 5.74. The molecule has 1 N–H and O–H groups in total. The monoisotopic (exact) mass is 288 g/mol. The van der Waals surface area contributed by atoms with Crippen LogP contribution in [0.15, 0.2) is 24.3 Å². The first kappa shape index (κ1) is 14.2. The summed E-state index contributed by atoms with van der Waals surface area (Å²) in [6, 6.07) is 8.09. The molecule has 4 heteroatoms. The third-order valence-electron chi connectivity index (χ3n) is 4.39. The van der Waals surface area contributed by atoms with Crippen LogP contribution in [0, 0.1) is 0 Å². The Balaban J connectivity index is 1.57. The van der Waals surface area contributed by atoms with Crippen LogP contribution in [-0.4, -0.2) is 30.1 Å². The number of nitrogens with one attached hydrogen (secondary N) is 1. The molecule has 1 saturated heterocycles. The molecule has 0 radical (unpaired) electrons. The standard InChI is InChI=1S/C17H24N2O2/c20-17(19-11-5-6-12-19)18-13-14-7-1-4-10-16(14)21-15-8-2-3-9-15/h1,4,7,10,15H,2-3,5-6,8-9,11-13H2,(H,18,20). The zero-order valence-corrected chi connectivity index (χ0v) is 12.5. The molecule has 0 aromatic heterocycles. The number of urea groups is 1. The number of ether oxygens (including phenoxy) is 1. The van der Waals surface area contributed by atoms with Crippen molar-refractivity contribution in [3.8, 4) is 5.75 Å². The maximum absolute atomic E-state index is 12.0. The molecule has 2 aliphatic rings. The van der Waals surface area contributed by atoms with Gasteiger partial charge in [0, 0.05) is 25.2 Å². The second-order valence-corrected chi connectivity index (χ2v) is 5.98. The fraction of sp³-hybridized carbons (Fsp3) is 0.588. The highest BCUT2D eigenvalue weighted by atomic mass is 16.5. The summed E-state index contributed by atoms with van der Waals surface area (Å²) in [4.78, 5) is 13.9. The van der Waals surface area contributed by atoms with Crippen LogP contribution in [-0.2, 0) is 6.54 Å². The molecule has 1 saturated carbocycles. The highest BCUT2D eigenvalue weighted by Gasteiger charge is 2.19. The van der Waals surface area contributed by atoms with Crippen LogP contribution in [0.4, 0.5) is 4.79 Å². The van der Waals surface area contributed by atoms with Gasteiger partial charge in [-0.3, -0.25) is 0 Å². The Hall–Kier alpha value is -1.71. The molecular formula is C17H24N2O2. The summed E-state index contributed by atoms with van der Waals surface area (Å²) in [5, 5.41) is 3.01. The van der Waals surface area contributed by atoms with Crippen LogP contribution in [0.1, 0.15) is 44.1 Å². The van der Waals surface area contributed by atoms with E-state index in [1.54, 1.807) is 0 Å². The zero-order valence-electron chi connectivity index (χ0n) is 12.5. The topological polar surface area (TPSA) is 41.6 Å².